The molecule has 0 saturated carbocycles. The van der Waals surface area contributed by atoms with Crippen molar-refractivity contribution in [3.63, 3.8) is 0 Å². The highest BCUT2D eigenvalue weighted by Gasteiger charge is 2.24. The number of rotatable bonds is 7. The molecule has 1 aromatic rings. The zero-order chi connectivity index (χ0) is 17.4. The standard InChI is InChI=1S/C17H25N3O4/c1-23-12-7-18-16(21)13-17(22)20-10-8-19(9-11-20)14-5-3-4-6-15(14)24-2/h3-6H,7-13H2,1-2H3,(H,18,21). The van der Waals surface area contributed by atoms with Crippen LogP contribution in [0.3, 0.4) is 0 Å². The molecule has 0 atom stereocenters. The van der Waals surface area contributed by atoms with Crippen molar-refractivity contribution in [1.29, 1.82) is 0 Å². The van der Waals surface area contributed by atoms with E-state index >= 15 is 0 Å². The van der Waals surface area contributed by atoms with Gasteiger partial charge in [-0.3, -0.25) is 9.59 Å². The molecule has 0 spiro atoms. The second-order valence-electron chi connectivity index (χ2n) is 5.56. The maximum absolute atomic E-state index is 12.2. The summed E-state index contributed by atoms with van der Waals surface area (Å²) in [6, 6.07) is 7.85. The monoisotopic (exact) mass is 335 g/mol. The molecule has 1 aromatic carbocycles. The number of anilines is 1. The summed E-state index contributed by atoms with van der Waals surface area (Å²) in [5.41, 5.74) is 1.03. The van der Waals surface area contributed by atoms with Crippen molar-refractivity contribution in [1.82, 2.24) is 10.2 Å². The summed E-state index contributed by atoms with van der Waals surface area (Å²) in [6.45, 7) is 3.50. The minimum absolute atomic E-state index is 0.113. The zero-order valence-corrected chi connectivity index (χ0v) is 14.3. The Morgan fingerprint density at radius 3 is 2.50 bits per heavy atom. The quantitative estimate of drug-likeness (QED) is 0.580. The van der Waals surface area contributed by atoms with E-state index in [0.717, 1.165) is 24.5 Å². The first-order chi connectivity index (χ1) is 11.7. The van der Waals surface area contributed by atoms with Crippen LogP contribution in [0.1, 0.15) is 6.42 Å². The van der Waals surface area contributed by atoms with Crippen molar-refractivity contribution in [2.45, 2.75) is 6.42 Å². The molecule has 1 fully saturated rings. The van der Waals surface area contributed by atoms with Gasteiger partial charge in [-0.1, -0.05) is 12.1 Å². The Morgan fingerprint density at radius 2 is 1.83 bits per heavy atom. The molecular formula is C17H25N3O4. The van der Waals surface area contributed by atoms with Gasteiger partial charge in [-0.2, -0.15) is 0 Å². The molecule has 2 rings (SSSR count). The molecule has 0 aromatic heterocycles. The van der Waals surface area contributed by atoms with Gasteiger partial charge in [0, 0.05) is 39.8 Å². The van der Waals surface area contributed by atoms with Crippen molar-refractivity contribution in [3.8, 4) is 5.75 Å². The van der Waals surface area contributed by atoms with Crippen LogP contribution < -0.4 is 15.0 Å². The van der Waals surface area contributed by atoms with E-state index in [1.807, 2.05) is 24.3 Å². The minimum atomic E-state index is -0.260. The number of hydrogen-bond donors (Lipinski definition) is 1. The average molecular weight is 335 g/mol. The van der Waals surface area contributed by atoms with Gasteiger partial charge in [0.25, 0.3) is 0 Å². The lowest BCUT2D eigenvalue weighted by molar-refractivity contribution is -0.136. The Morgan fingerprint density at radius 1 is 1.12 bits per heavy atom. The fraction of sp³-hybridized carbons (Fsp3) is 0.529. The predicted octanol–water partition coefficient (Wildman–Crippen LogP) is 0.497. The van der Waals surface area contributed by atoms with Gasteiger partial charge < -0.3 is 24.6 Å². The Labute approximate surface area is 142 Å². The molecule has 1 aliphatic rings. The molecule has 7 heteroatoms. The van der Waals surface area contributed by atoms with Crippen LogP contribution in [0.25, 0.3) is 0 Å². The Balaban J connectivity index is 1.81. The van der Waals surface area contributed by atoms with E-state index < -0.39 is 0 Å². The van der Waals surface area contributed by atoms with Crippen molar-refractivity contribution in [3.05, 3.63) is 24.3 Å². The summed E-state index contributed by atoms with van der Waals surface area (Å²) >= 11 is 0. The highest BCUT2D eigenvalue weighted by atomic mass is 16.5. The number of carbonyl (C=O) groups is 2. The molecule has 0 unspecified atom stereocenters. The zero-order valence-electron chi connectivity index (χ0n) is 14.3. The van der Waals surface area contributed by atoms with Crippen LogP contribution in [0, 0.1) is 0 Å². The number of carbonyl (C=O) groups excluding carboxylic acids is 2. The van der Waals surface area contributed by atoms with E-state index in [-0.39, 0.29) is 18.2 Å². The maximum Gasteiger partial charge on any atom is 0.232 e. The highest BCUT2D eigenvalue weighted by molar-refractivity contribution is 5.97. The summed E-state index contributed by atoms with van der Waals surface area (Å²) in [4.78, 5) is 27.8. The van der Waals surface area contributed by atoms with Crippen molar-refractivity contribution < 1.29 is 19.1 Å². The fourth-order valence-electron chi connectivity index (χ4n) is 2.69. The smallest absolute Gasteiger partial charge is 0.232 e. The molecule has 7 nitrogen and oxygen atoms in total. The van der Waals surface area contributed by atoms with Crippen molar-refractivity contribution in [2.75, 3.05) is 58.5 Å². The molecule has 1 aliphatic heterocycles. The van der Waals surface area contributed by atoms with Crippen LogP contribution in [0.4, 0.5) is 5.69 Å². The highest BCUT2D eigenvalue weighted by Crippen LogP contribution is 2.28. The van der Waals surface area contributed by atoms with Crippen LogP contribution in [-0.2, 0) is 14.3 Å². The van der Waals surface area contributed by atoms with Gasteiger partial charge in [-0.05, 0) is 12.1 Å². The van der Waals surface area contributed by atoms with Crippen LogP contribution >= 0.6 is 0 Å². The number of piperazine rings is 1. The first-order valence-corrected chi connectivity index (χ1v) is 8.07. The molecule has 132 valence electrons. The Kier molecular flexibility index (Phi) is 6.87. The molecule has 0 aliphatic carbocycles. The molecule has 1 saturated heterocycles. The SMILES string of the molecule is COCCNC(=O)CC(=O)N1CCN(c2ccccc2OC)CC1. The third kappa shape index (κ3) is 4.86. The summed E-state index contributed by atoms with van der Waals surface area (Å²) < 4.78 is 10.2. The van der Waals surface area contributed by atoms with Gasteiger partial charge in [0.05, 0.1) is 19.4 Å². The third-order valence-electron chi connectivity index (χ3n) is 4.00. The van der Waals surface area contributed by atoms with Gasteiger partial charge in [0.2, 0.25) is 11.8 Å². The molecule has 1 heterocycles. The van der Waals surface area contributed by atoms with E-state index in [1.54, 1.807) is 19.1 Å². The molecule has 0 bridgehead atoms. The normalized spacial score (nSPS) is 14.4. The van der Waals surface area contributed by atoms with Gasteiger partial charge in [-0.25, -0.2) is 0 Å². The summed E-state index contributed by atoms with van der Waals surface area (Å²) in [5, 5.41) is 2.66. The Hall–Kier alpha value is -2.28. The molecule has 2 amide bonds. The van der Waals surface area contributed by atoms with Crippen LogP contribution in [0.2, 0.25) is 0 Å². The van der Waals surface area contributed by atoms with E-state index in [9.17, 15) is 9.59 Å². The molecule has 1 N–H and O–H groups in total. The van der Waals surface area contributed by atoms with Gasteiger partial charge >= 0.3 is 0 Å². The number of nitrogens with one attached hydrogen (secondary N) is 1. The number of hydrogen-bond acceptors (Lipinski definition) is 5. The number of benzene rings is 1. The van der Waals surface area contributed by atoms with Gasteiger partial charge in [0.1, 0.15) is 12.2 Å². The molecule has 24 heavy (non-hydrogen) atoms. The van der Waals surface area contributed by atoms with Gasteiger partial charge in [0.15, 0.2) is 0 Å². The van der Waals surface area contributed by atoms with E-state index in [1.165, 1.54) is 0 Å². The average Bonchev–Trinajstić information content (AvgIpc) is 2.62. The van der Waals surface area contributed by atoms with Crippen LogP contribution in [0.15, 0.2) is 24.3 Å². The largest absolute Gasteiger partial charge is 0.495 e. The van der Waals surface area contributed by atoms with Crippen LogP contribution in [0.5, 0.6) is 5.75 Å². The first kappa shape index (κ1) is 18.1. The maximum atomic E-state index is 12.2. The lowest BCUT2D eigenvalue weighted by Crippen LogP contribution is -2.49. The number of nitrogens with zero attached hydrogens (tertiary/aromatic N) is 2. The lowest BCUT2D eigenvalue weighted by atomic mass is 10.2. The van der Waals surface area contributed by atoms with Crippen LogP contribution in [-0.4, -0.2) is 70.3 Å². The number of methoxy groups -OCH3 is 2. The second-order valence-corrected chi connectivity index (χ2v) is 5.56. The second kappa shape index (κ2) is 9.12. The minimum Gasteiger partial charge on any atom is -0.495 e. The van der Waals surface area contributed by atoms with Crippen molar-refractivity contribution in [2.24, 2.45) is 0 Å². The predicted molar refractivity (Wildman–Crippen MR) is 91.3 cm³/mol. The lowest BCUT2D eigenvalue weighted by Gasteiger charge is -2.36. The van der Waals surface area contributed by atoms with Crippen molar-refractivity contribution >= 4 is 17.5 Å². The number of amides is 2. The first-order valence-electron chi connectivity index (χ1n) is 8.07. The fourth-order valence-corrected chi connectivity index (χ4v) is 2.69. The Bertz CT molecular complexity index is 557. The molecular weight excluding hydrogens is 310 g/mol. The summed E-state index contributed by atoms with van der Waals surface area (Å²) in [6.07, 6.45) is -0.113. The van der Waals surface area contributed by atoms with E-state index in [4.69, 9.17) is 9.47 Å². The topological polar surface area (TPSA) is 71.1 Å². The van der Waals surface area contributed by atoms with Gasteiger partial charge in [-0.15, -0.1) is 0 Å². The number of ether oxygens (including phenoxy) is 2. The van der Waals surface area contributed by atoms with E-state index in [0.29, 0.717) is 26.2 Å². The number of para-hydroxylation sites is 2. The summed E-state index contributed by atoms with van der Waals surface area (Å²) in [5.74, 6) is 0.434. The third-order valence-corrected chi connectivity index (χ3v) is 4.00. The molecule has 0 radical (unpaired) electrons. The van der Waals surface area contributed by atoms with E-state index in [2.05, 4.69) is 10.2 Å². The summed E-state index contributed by atoms with van der Waals surface area (Å²) in [7, 11) is 3.22.